The minimum atomic E-state index is -0.528. The van der Waals surface area contributed by atoms with Crippen LogP contribution in [0, 0.1) is 11.3 Å². The van der Waals surface area contributed by atoms with Crippen LogP contribution >= 0.6 is 23.1 Å². The first kappa shape index (κ1) is 40.3. The van der Waals surface area contributed by atoms with Crippen molar-refractivity contribution < 1.29 is 28.7 Å². The van der Waals surface area contributed by atoms with Crippen molar-refractivity contribution in [2.45, 2.75) is 77.4 Å². The van der Waals surface area contributed by atoms with Crippen LogP contribution in [0.25, 0.3) is 6.08 Å². The predicted molar refractivity (Wildman–Crippen MR) is 218 cm³/mol. The molecule has 3 aromatic carbocycles. The van der Waals surface area contributed by atoms with E-state index < -0.39 is 23.0 Å². The maximum atomic E-state index is 13.8. The van der Waals surface area contributed by atoms with Crippen LogP contribution < -0.4 is 20.7 Å². The molecule has 9 nitrogen and oxygen atoms in total. The van der Waals surface area contributed by atoms with Gasteiger partial charge in [-0.1, -0.05) is 70.2 Å². The fourth-order valence-corrected chi connectivity index (χ4v) is 8.67. The van der Waals surface area contributed by atoms with Gasteiger partial charge in [-0.2, -0.15) is 0 Å². The Balaban J connectivity index is 1.34. The smallest absolute Gasteiger partial charge is 0.341 e. The van der Waals surface area contributed by atoms with E-state index in [1.54, 1.807) is 61.5 Å². The van der Waals surface area contributed by atoms with Gasteiger partial charge in [0.05, 0.1) is 24.0 Å². The number of hydrogen-bond acceptors (Lipinski definition) is 8. The maximum Gasteiger partial charge on any atom is 0.341 e. The van der Waals surface area contributed by atoms with Crippen molar-refractivity contribution in [1.29, 1.82) is 0 Å². The summed E-state index contributed by atoms with van der Waals surface area (Å²) in [6.07, 6.45) is 4.73. The number of benzene rings is 3. The number of fused-ring (bicyclic) bond motifs is 1. The van der Waals surface area contributed by atoms with Crippen LogP contribution in [0.15, 0.2) is 89.5 Å². The Bertz CT molecular complexity index is 2000. The fraction of sp³-hybridized carbons (Fsp3) is 0.349. The lowest BCUT2D eigenvalue weighted by Crippen LogP contribution is -2.30. The predicted octanol–water partition coefficient (Wildman–Crippen LogP) is 9.39. The largest absolute Gasteiger partial charge is 0.493 e. The van der Waals surface area contributed by atoms with Crippen molar-refractivity contribution in [3.63, 3.8) is 0 Å². The summed E-state index contributed by atoms with van der Waals surface area (Å²) >= 11 is 2.86. The van der Waals surface area contributed by atoms with Crippen LogP contribution in [0.4, 0.5) is 10.7 Å². The van der Waals surface area contributed by atoms with Gasteiger partial charge in [0.15, 0.2) is 0 Å². The maximum absolute atomic E-state index is 13.8. The summed E-state index contributed by atoms with van der Waals surface area (Å²) in [6, 6.07) is 23.2. The molecule has 0 radical (unpaired) electrons. The third-order valence-corrected chi connectivity index (χ3v) is 11.8. The first-order valence-corrected chi connectivity index (χ1v) is 20.1. The summed E-state index contributed by atoms with van der Waals surface area (Å²) in [6.45, 7) is 13.0. The summed E-state index contributed by atoms with van der Waals surface area (Å²) in [4.78, 5) is 55.9. The normalized spacial score (nSPS) is 14.7. The molecule has 0 fully saturated rings. The molecule has 3 N–H and O–H groups in total. The molecular weight excluding hydrogens is 719 g/mol. The standard InChI is InChI=1S/C43H49N3O6S2/c1-7-35(40(49)46-41-37(42(50)52-9-3)32-23-22-29(43(4,5)6)25-36(32)54-41)53-31-20-15-19-30(26-31)44-39(48)33(45-38(47)27-16-11-10-12-17-27)24-28-18-13-14-21-34(28)51-8-2/h10-21,24,26,29,35H,7-9,22-23,25H2,1-6H3,(H,44,48)(H,45,47)(H,46,49)/b33-24+. The number of carbonyl (C=O) groups excluding carboxylic acids is 4. The molecule has 3 amide bonds. The highest BCUT2D eigenvalue weighted by Crippen LogP contribution is 2.45. The molecular formula is C43H49N3O6S2. The molecule has 2 unspecified atom stereocenters. The highest BCUT2D eigenvalue weighted by molar-refractivity contribution is 8.00. The number of esters is 1. The molecule has 4 aromatic rings. The molecule has 54 heavy (non-hydrogen) atoms. The van der Waals surface area contributed by atoms with Gasteiger partial charge in [0.25, 0.3) is 11.8 Å². The number of carbonyl (C=O) groups is 4. The van der Waals surface area contributed by atoms with Gasteiger partial charge in [-0.15, -0.1) is 23.1 Å². The number of anilines is 2. The topological polar surface area (TPSA) is 123 Å². The number of nitrogens with one attached hydrogen (secondary N) is 3. The summed E-state index contributed by atoms with van der Waals surface area (Å²) in [5.74, 6) is -0.522. The Morgan fingerprint density at radius 3 is 2.37 bits per heavy atom. The Labute approximate surface area is 326 Å². The second-order valence-corrected chi connectivity index (χ2v) is 16.5. The van der Waals surface area contributed by atoms with E-state index in [1.807, 2.05) is 44.2 Å². The van der Waals surface area contributed by atoms with E-state index in [-0.39, 0.29) is 23.6 Å². The van der Waals surface area contributed by atoms with Crippen LogP contribution in [-0.4, -0.2) is 42.2 Å². The van der Waals surface area contributed by atoms with E-state index in [0.717, 1.165) is 34.6 Å². The first-order valence-electron chi connectivity index (χ1n) is 18.4. The first-order chi connectivity index (χ1) is 25.9. The fourth-order valence-electron chi connectivity index (χ4n) is 6.34. The van der Waals surface area contributed by atoms with Crippen LogP contribution in [0.2, 0.25) is 0 Å². The highest BCUT2D eigenvalue weighted by Gasteiger charge is 2.35. The van der Waals surface area contributed by atoms with E-state index in [2.05, 4.69) is 36.7 Å². The van der Waals surface area contributed by atoms with E-state index in [0.29, 0.717) is 52.1 Å². The summed E-state index contributed by atoms with van der Waals surface area (Å²) < 4.78 is 11.2. The second kappa shape index (κ2) is 18.4. The molecule has 0 saturated heterocycles. The molecule has 0 bridgehead atoms. The zero-order chi connectivity index (χ0) is 38.8. The zero-order valence-corrected chi connectivity index (χ0v) is 33.4. The number of rotatable bonds is 14. The van der Waals surface area contributed by atoms with Crippen molar-refractivity contribution in [2.75, 3.05) is 23.8 Å². The minimum Gasteiger partial charge on any atom is -0.493 e. The van der Waals surface area contributed by atoms with E-state index in [9.17, 15) is 19.2 Å². The third kappa shape index (κ3) is 10.2. The van der Waals surface area contributed by atoms with Crippen molar-refractivity contribution in [3.05, 3.63) is 112 Å². The van der Waals surface area contributed by atoms with Crippen molar-refractivity contribution in [2.24, 2.45) is 11.3 Å². The van der Waals surface area contributed by atoms with Gasteiger partial charge >= 0.3 is 5.97 Å². The Kier molecular flexibility index (Phi) is 13.8. The average molecular weight is 768 g/mol. The molecule has 1 aliphatic rings. The number of hydrogen-bond donors (Lipinski definition) is 3. The van der Waals surface area contributed by atoms with Gasteiger partial charge in [0, 0.05) is 26.6 Å². The van der Waals surface area contributed by atoms with Crippen LogP contribution in [0.3, 0.4) is 0 Å². The second-order valence-electron chi connectivity index (χ2n) is 14.1. The molecule has 0 aliphatic heterocycles. The SMILES string of the molecule is CCOC(=O)c1c(NC(=O)C(CC)Sc2cccc(NC(=O)/C(=C\c3ccccc3OCC)NC(=O)c3ccccc3)c2)sc2c1CCC(C(C)(C)C)C2. The lowest BCUT2D eigenvalue weighted by atomic mass is 9.72. The quantitative estimate of drug-likeness (QED) is 0.0664. The van der Waals surface area contributed by atoms with Gasteiger partial charge in [0.1, 0.15) is 16.4 Å². The average Bonchev–Trinajstić information content (AvgIpc) is 3.51. The number of para-hydroxylation sites is 1. The highest BCUT2D eigenvalue weighted by atomic mass is 32.2. The Morgan fingerprint density at radius 1 is 0.926 bits per heavy atom. The number of amides is 3. The van der Waals surface area contributed by atoms with Crippen molar-refractivity contribution >= 4 is 63.6 Å². The van der Waals surface area contributed by atoms with Gasteiger partial charge in [-0.25, -0.2) is 4.79 Å². The minimum absolute atomic E-state index is 0.0322. The van der Waals surface area contributed by atoms with E-state index >= 15 is 0 Å². The molecule has 1 aliphatic carbocycles. The third-order valence-electron chi connectivity index (χ3n) is 9.29. The van der Waals surface area contributed by atoms with Gasteiger partial charge < -0.3 is 25.4 Å². The molecule has 5 rings (SSSR count). The van der Waals surface area contributed by atoms with Crippen molar-refractivity contribution in [1.82, 2.24) is 5.32 Å². The molecule has 2 atom stereocenters. The van der Waals surface area contributed by atoms with Gasteiger partial charge in [-0.3, -0.25) is 14.4 Å². The lowest BCUT2D eigenvalue weighted by Gasteiger charge is -2.33. The molecule has 11 heteroatoms. The Hall–Kier alpha value is -4.87. The summed E-state index contributed by atoms with van der Waals surface area (Å²) in [7, 11) is 0. The van der Waals surface area contributed by atoms with Crippen LogP contribution in [0.1, 0.15) is 91.1 Å². The van der Waals surface area contributed by atoms with Crippen molar-refractivity contribution in [3.8, 4) is 5.75 Å². The zero-order valence-electron chi connectivity index (χ0n) is 31.7. The molecule has 0 saturated carbocycles. The Morgan fingerprint density at radius 2 is 1.67 bits per heavy atom. The number of ether oxygens (including phenoxy) is 2. The summed E-state index contributed by atoms with van der Waals surface area (Å²) in [5, 5.41) is 8.85. The van der Waals surface area contributed by atoms with E-state index in [4.69, 9.17) is 9.47 Å². The monoisotopic (exact) mass is 767 g/mol. The van der Waals surface area contributed by atoms with Crippen LogP contribution in [-0.2, 0) is 27.2 Å². The molecule has 284 valence electrons. The molecule has 1 heterocycles. The molecule has 0 spiro atoms. The summed E-state index contributed by atoms with van der Waals surface area (Å²) in [5.41, 5.74) is 3.17. The number of thioether (sulfide) groups is 1. The van der Waals surface area contributed by atoms with Crippen LogP contribution in [0.5, 0.6) is 5.75 Å². The van der Waals surface area contributed by atoms with E-state index in [1.165, 1.54) is 23.1 Å². The number of thiophene rings is 1. The van der Waals surface area contributed by atoms with Gasteiger partial charge in [0.2, 0.25) is 5.91 Å². The molecule has 1 aromatic heterocycles. The van der Waals surface area contributed by atoms with Gasteiger partial charge in [-0.05, 0) is 98.9 Å². The lowest BCUT2D eigenvalue weighted by molar-refractivity contribution is -0.116.